The van der Waals surface area contributed by atoms with E-state index < -0.39 is 0 Å². The van der Waals surface area contributed by atoms with Crippen molar-refractivity contribution in [3.05, 3.63) is 50.6 Å². The van der Waals surface area contributed by atoms with Gasteiger partial charge in [0.05, 0.1) is 6.04 Å². The summed E-state index contributed by atoms with van der Waals surface area (Å²) in [6, 6.07) is 4.60. The van der Waals surface area contributed by atoms with Gasteiger partial charge in [-0.15, -0.1) is 11.3 Å². The molecule has 0 aliphatic carbocycles. The second-order valence-electron chi connectivity index (χ2n) is 4.65. The number of thiazole rings is 1. The van der Waals surface area contributed by atoms with E-state index >= 15 is 0 Å². The van der Waals surface area contributed by atoms with Gasteiger partial charge in [-0.1, -0.05) is 22.0 Å². The number of hydrogen-bond donors (Lipinski definition) is 0. The lowest BCUT2D eigenvalue weighted by Crippen LogP contribution is -2.27. The first-order chi connectivity index (χ1) is 10.0. The van der Waals surface area contributed by atoms with Gasteiger partial charge in [0.2, 0.25) is 0 Å². The Morgan fingerprint density at radius 1 is 1.52 bits per heavy atom. The molecule has 1 atom stereocenters. The summed E-state index contributed by atoms with van der Waals surface area (Å²) in [6.07, 6.45) is 1.78. The van der Waals surface area contributed by atoms with E-state index in [1.807, 2.05) is 19.4 Å². The highest BCUT2D eigenvalue weighted by molar-refractivity contribution is 9.10. The van der Waals surface area contributed by atoms with E-state index in [2.05, 4.69) is 32.7 Å². The van der Waals surface area contributed by atoms with Crippen LogP contribution in [0.1, 0.15) is 30.5 Å². The van der Waals surface area contributed by atoms with Gasteiger partial charge >= 0.3 is 0 Å². The monoisotopic (exact) mass is 369 g/mol. The number of halogens is 2. The molecular formula is C15H17BrFN3S. The SMILES string of the molecule is CCN(C)C(=NC(C)c1ccc(F)cc1Br)c1nccs1. The quantitative estimate of drug-likeness (QED) is 0.586. The predicted molar refractivity (Wildman–Crippen MR) is 89.5 cm³/mol. The fourth-order valence-corrected chi connectivity index (χ4v) is 3.26. The third-order valence-corrected chi connectivity index (χ3v) is 4.64. The molecule has 1 aromatic carbocycles. The summed E-state index contributed by atoms with van der Waals surface area (Å²) in [6.45, 7) is 4.91. The van der Waals surface area contributed by atoms with Gasteiger partial charge in [0.15, 0.2) is 10.8 Å². The van der Waals surface area contributed by atoms with Crippen molar-refractivity contribution in [3.8, 4) is 0 Å². The van der Waals surface area contributed by atoms with E-state index in [9.17, 15) is 4.39 Å². The van der Waals surface area contributed by atoms with Crippen molar-refractivity contribution in [2.45, 2.75) is 19.9 Å². The maximum atomic E-state index is 13.2. The van der Waals surface area contributed by atoms with Crippen LogP contribution in [0.3, 0.4) is 0 Å². The molecule has 0 N–H and O–H groups in total. The van der Waals surface area contributed by atoms with E-state index in [4.69, 9.17) is 4.99 Å². The molecule has 6 heteroatoms. The second-order valence-corrected chi connectivity index (χ2v) is 6.39. The Kier molecular flexibility index (Phi) is 5.47. The van der Waals surface area contributed by atoms with E-state index in [1.165, 1.54) is 12.1 Å². The van der Waals surface area contributed by atoms with Crippen LogP contribution in [0, 0.1) is 5.82 Å². The van der Waals surface area contributed by atoms with Crippen molar-refractivity contribution >= 4 is 33.1 Å². The molecule has 0 aliphatic rings. The average Bonchev–Trinajstić information content (AvgIpc) is 2.97. The van der Waals surface area contributed by atoms with Crippen molar-refractivity contribution < 1.29 is 4.39 Å². The number of aliphatic imine (C=N–C) groups is 1. The fourth-order valence-electron chi connectivity index (χ4n) is 1.89. The van der Waals surface area contributed by atoms with E-state index in [0.717, 1.165) is 27.4 Å². The molecule has 1 heterocycles. The van der Waals surface area contributed by atoms with Crippen molar-refractivity contribution in [1.29, 1.82) is 0 Å². The number of nitrogens with zero attached hydrogens (tertiary/aromatic N) is 3. The number of hydrogen-bond acceptors (Lipinski definition) is 3. The van der Waals surface area contributed by atoms with Crippen LogP contribution in [0.5, 0.6) is 0 Å². The minimum Gasteiger partial charge on any atom is -0.358 e. The van der Waals surface area contributed by atoms with Crippen LogP contribution in [0.2, 0.25) is 0 Å². The van der Waals surface area contributed by atoms with Gasteiger partial charge in [0.1, 0.15) is 5.82 Å². The predicted octanol–water partition coefficient (Wildman–Crippen LogP) is 4.50. The van der Waals surface area contributed by atoms with Crippen molar-refractivity contribution in [2.75, 3.05) is 13.6 Å². The molecule has 0 bridgehead atoms. The molecule has 0 saturated carbocycles. The van der Waals surface area contributed by atoms with E-state index in [0.29, 0.717) is 0 Å². The Morgan fingerprint density at radius 2 is 2.29 bits per heavy atom. The Morgan fingerprint density at radius 3 is 2.86 bits per heavy atom. The molecule has 112 valence electrons. The fraction of sp³-hybridized carbons (Fsp3) is 0.333. The number of aromatic nitrogens is 1. The zero-order valence-electron chi connectivity index (χ0n) is 12.2. The molecule has 3 nitrogen and oxygen atoms in total. The lowest BCUT2D eigenvalue weighted by atomic mass is 10.1. The lowest BCUT2D eigenvalue weighted by Gasteiger charge is -2.20. The second kappa shape index (κ2) is 7.13. The molecule has 0 amide bonds. The Labute approximate surface area is 136 Å². The van der Waals surface area contributed by atoms with Crippen LogP contribution in [0.4, 0.5) is 4.39 Å². The van der Waals surface area contributed by atoms with Crippen LogP contribution in [-0.4, -0.2) is 29.3 Å². The zero-order valence-corrected chi connectivity index (χ0v) is 14.6. The summed E-state index contributed by atoms with van der Waals surface area (Å²) in [4.78, 5) is 11.2. The normalized spacial score (nSPS) is 13.3. The Bertz CT molecular complexity index is 628. The molecule has 0 radical (unpaired) electrons. The highest BCUT2D eigenvalue weighted by Gasteiger charge is 2.15. The molecular weight excluding hydrogens is 353 g/mol. The first-order valence-electron chi connectivity index (χ1n) is 6.66. The molecule has 21 heavy (non-hydrogen) atoms. The van der Waals surface area contributed by atoms with Gasteiger partial charge in [-0.3, -0.25) is 4.99 Å². The van der Waals surface area contributed by atoms with Crippen molar-refractivity contribution in [1.82, 2.24) is 9.88 Å². The summed E-state index contributed by atoms with van der Waals surface area (Å²) in [5.41, 5.74) is 0.954. The summed E-state index contributed by atoms with van der Waals surface area (Å²) in [5, 5.41) is 2.83. The summed E-state index contributed by atoms with van der Waals surface area (Å²) < 4.78 is 13.9. The first-order valence-corrected chi connectivity index (χ1v) is 8.34. The molecule has 0 aliphatic heterocycles. The van der Waals surface area contributed by atoms with Gasteiger partial charge < -0.3 is 4.90 Å². The standard InChI is InChI=1S/C15H17BrFN3S/c1-4-20(3)14(15-18-7-8-21-15)19-10(2)12-6-5-11(17)9-13(12)16/h5-10H,4H2,1-3H3. The van der Waals surface area contributed by atoms with Crippen molar-refractivity contribution in [3.63, 3.8) is 0 Å². The number of amidine groups is 1. The lowest BCUT2D eigenvalue weighted by molar-refractivity contribution is 0.529. The summed E-state index contributed by atoms with van der Waals surface area (Å²) in [5.74, 6) is 0.601. The molecule has 0 fully saturated rings. The minimum atomic E-state index is -0.257. The van der Waals surface area contributed by atoms with Crippen LogP contribution >= 0.6 is 27.3 Å². The maximum Gasteiger partial charge on any atom is 0.160 e. The summed E-state index contributed by atoms with van der Waals surface area (Å²) in [7, 11) is 1.99. The third-order valence-electron chi connectivity index (χ3n) is 3.19. The number of benzene rings is 1. The van der Waals surface area contributed by atoms with Gasteiger partial charge in [0, 0.05) is 29.6 Å². The maximum absolute atomic E-state index is 13.2. The van der Waals surface area contributed by atoms with Crippen LogP contribution in [0.25, 0.3) is 0 Å². The topological polar surface area (TPSA) is 28.5 Å². The number of rotatable bonds is 4. The zero-order chi connectivity index (χ0) is 15.4. The molecule has 0 spiro atoms. The first kappa shape index (κ1) is 16.1. The Balaban J connectivity index is 2.37. The van der Waals surface area contributed by atoms with Gasteiger partial charge in [-0.05, 0) is 31.5 Å². The average molecular weight is 370 g/mol. The highest BCUT2D eigenvalue weighted by atomic mass is 79.9. The Hall–Kier alpha value is -1.27. The van der Waals surface area contributed by atoms with Crippen LogP contribution < -0.4 is 0 Å². The summed E-state index contributed by atoms with van der Waals surface area (Å²) >= 11 is 4.97. The van der Waals surface area contributed by atoms with E-state index in [1.54, 1.807) is 23.6 Å². The molecule has 2 aromatic rings. The molecule has 1 aromatic heterocycles. The van der Waals surface area contributed by atoms with Gasteiger partial charge in [-0.25, -0.2) is 9.37 Å². The van der Waals surface area contributed by atoms with Gasteiger partial charge in [0.25, 0.3) is 0 Å². The highest BCUT2D eigenvalue weighted by Crippen LogP contribution is 2.27. The minimum absolute atomic E-state index is 0.0899. The molecule has 0 saturated heterocycles. The van der Waals surface area contributed by atoms with Crippen LogP contribution in [-0.2, 0) is 0 Å². The largest absolute Gasteiger partial charge is 0.358 e. The third kappa shape index (κ3) is 3.89. The van der Waals surface area contributed by atoms with E-state index in [-0.39, 0.29) is 11.9 Å². The molecule has 1 unspecified atom stereocenters. The smallest absolute Gasteiger partial charge is 0.160 e. The molecule has 2 rings (SSSR count). The van der Waals surface area contributed by atoms with Crippen LogP contribution in [0.15, 0.2) is 39.2 Å². The van der Waals surface area contributed by atoms with Crippen molar-refractivity contribution in [2.24, 2.45) is 4.99 Å². The van der Waals surface area contributed by atoms with Gasteiger partial charge in [-0.2, -0.15) is 0 Å².